The molecule has 12 heteroatoms. The summed E-state index contributed by atoms with van der Waals surface area (Å²) >= 11 is 0. The van der Waals surface area contributed by atoms with Gasteiger partial charge in [-0.05, 0) is 84.7 Å². The number of benzene rings is 3. The van der Waals surface area contributed by atoms with Gasteiger partial charge in [0.05, 0.1) is 42.6 Å². The summed E-state index contributed by atoms with van der Waals surface area (Å²) in [7, 11) is -8.67. The molecule has 4 aliphatic carbocycles. The van der Waals surface area contributed by atoms with Gasteiger partial charge in [0.2, 0.25) is 0 Å². The van der Waals surface area contributed by atoms with Crippen LogP contribution in [0.5, 0.6) is 0 Å². The summed E-state index contributed by atoms with van der Waals surface area (Å²) in [5, 5.41) is 0. The molecule has 0 saturated heterocycles. The van der Waals surface area contributed by atoms with Crippen LogP contribution in [0.4, 0.5) is 0 Å². The monoisotopic (exact) mass is 760 g/mol. The molecule has 7 rings (SSSR count). The molecule has 3 aromatic rings. The first-order valence-electron chi connectivity index (χ1n) is 16.7. The average molecular weight is 761 g/mol. The van der Waals surface area contributed by atoms with Gasteiger partial charge < -0.3 is 9.11 Å². The molecule has 4 bridgehead atoms. The zero-order valence-electron chi connectivity index (χ0n) is 29.0. The Hall–Kier alpha value is -2.48. The highest BCUT2D eigenvalue weighted by Crippen LogP contribution is 2.65. The Balaban J connectivity index is 0.000000169. The maximum atomic E-state index is 11.8. The first kappa shape index (κ1) is 40.3. The minimum Gasteiger partial charge on any atom is -0.748 e. The summed E-state index contributed by atoms with van der Waals surface area (Å²) < 4.78 is 65.4. The normalized spacial score (nSPS) is 27.2. The molecule has 4 atom stereocenters. The summed E-state index contributed by atoms with van der Waals surface area (Å²) in [5.41, 5.74) is -2.44. The molecule has 0 N–H and O–H groups in total. The average Bonchev–Trinajstić information content (AvgIpc) is 3.55. The molecule has 0 radical (unpaired) electrons. The van der Waals surface area contributed by atoms with Crippen molar-refractivity contribution in [3.63, 3.8) is 0 Å². The second kappa shape index (κ2) is 14.9. The van der Waals surface area contributed by atoms with Crippen molar-refractivity contribution in [3.8, 4) is 0 Å². The third-order valence-corrected chi connectivity index (χ3v) is 16.0. The smallest absolute Gasteiger partial charge is 0.166 e. The molecule has 0 spiro atoms. The Morgan fingerprint density at radius 2 is 0.860 bits per heavy atom. The highest BCUT2D eigenvalue weighted by atomic mass is 32.2. The van der Waals surface area contributed by atoms with Gasteiger partial charge in [0.25, 0.3) is 0 Å². The van der Waals surface area contributed by atoms with Gasteiger partial charge in [-0.3, -0.25) is 9.59 Å². The van der Waals surface area contributed by atoms with Gasteiger partial charge in [-0.25, -0.2) is 16.8 Å². The zero-order valence-corrected chi connectivity index (χ0v) is 32.6. The maximum Gasteiger partial charge on any atom is 0.166 e. The second-order valence-corrected chi connectivity index (χ2v) is 19.8. The molecule has 3 aromatic carbocycles. The summed E-state index contributed by atoms with van der Waals surface area (Å²) in [4.78, 5) is 27.8. The van der Waals surface area contributed by atoms with Crippen molar-refractivity contribution in [1.29, 1.82) is 0 Å². The van der Waals surface area contributed by atoms with Crippen LogP contribution >= 0.6 is 0 Å². The number of carbonyl (C=O) groups is 2. The van der Waals surface area contributed by atoms with E-state index in [1.54, 1.807) is 0 Å². The largest absolute Gasteiger partial charge is 0.748 e. The number of ketones is 2. The minimum atomic E-state index is -4.33. The number of hydrogen-bond acceptors (Lipinski definition) is 8. The zero-order chi connectivity index (χ0) is 35.9. The summed E-state index contributed by atoms with van der Waals surface area (Å²) in [6.45, 7) is 7.67. The fraction of sp³-hybridized carbons (Fsp3) is 0.474. The number of rotatable bonds is 7. The Kier molecular flexibility index (Phi) is 12.0. The lowest BCUT2D eigenvalue weighted by atomic mass is 9.70. The molecule has 0 amide bonds. The molecular formula is C38H48O8S4. The van der Waals surface area contributed by atoms with Crippen LogP contribution in [0, 0.1) is 33.5 Å². The van der Waals surface area contributed by atoms with E-state index in [0.717, 1.165) is 12.8 Å². The van der Waals surface area contributed by atoms with Gasteiger partial charge in [-0.2, -0.15) is 0 Å². The molecule has 4 saturated carbocycles. The van der Waals surface area contributed by atoms with E-state index >= 15 is 0 Å². The lowest BCUT2D eigenvalue weighted by molar-refractivity contribution is -0.128. The fourth-order valence-electron chi connectivity index (χ4n) is 8.90. The van der Waals surface area contributed by atoms with E-state index in [0.29, 0.717) is 25.7 Å². The van der Waals surface area contributed by atoms with E-state index in [-0.39, 0.29) is 58.6 Å². The van der Waals surface area contributed by atoms with Crippen molar-refractivity contribution in [2.75, 3.05) is 11.5 Å². The predicted octanol–water partition coefficient (Wildman–Crippen LogP) is 5.83. The van der Waals surface area contributed by atoms with Crippen LogP contribution in [0.15, 0.2) is 106 Å². The molecule has 8 nitrogen and oxygen atoms in total. The van der Waals surface area contributed by atoms with Gasteiger partial charge in [-0.15, -0.1) is 0 Å². The van der Waals surface area contributed by atoms with Gasteiger partial charge in [0.1, 0.15) is 11.6 Å². The molecule has 4 aliphatic rings. The van der Waals surface area contributed by atoms with Crippen LogP contribution in [0.3, 0.4) is 0 Å². The molecule has 0 aliphatic heterocycles. The fourth-order valence-corrected chi connectivity index (χ4v) is 13.6. The standard InChI is InChI=1S/C18H15S.2C10H16O4S.H2S/c1-4-10-16(11-5-1)19(17-12-6-2-7-13-17)18-14-8-3-9-15-18;2*1-9(2)7-3-4-10(9,8(11)5-7)6-15(12,13)14;/h1-15H;2*7H,3-6H2,1-2H3,(H,12,13,14);1H2/q+1;;;/p-1. The third-order valence-electron chi connectivity index (χ3n) is 12.1. The highest BCUT2D eigenvalue weighted by Gasteiger charge is 2.65. The highest BCUT2D eigenvalue weighted by molar-refractivity contribution is 7.97. The Labute approximate surface area is 307 Å². The molecule has 0 heterocycles. The Morgan fingerprint density at radius 1 is 0.580 bits per heavy atom. The van der Waals surface area contributed by atoms with E-state index in [1.807, 2.05) is 27.7 Å². The van der Waals surface area contributed by atoms with Crippen molar-refractivity contribution in [1.82, 2.24) is 0 Å². The lowest BCUT2D eigenvalue weighted by Crippen LogP contribution is -2.42. The van der Waals surface area contributed by atoms with Crippen LogP contribution < -0.4 is 0 Å². The van der Waals surface area contributed by atoms with E-state index in [4.69, 9.17) is 0 Å². The van der Waals surface area contributed by atoms with E-state index < -0.39 is 42.6 Å². The quantitative estimate of drug-likeness (QED) is 0.216. The molecule has 272 valence electrons. The Bertz CT molecular complexity index is 1710. The van der Waals surface area contributed by atoms with E-state index in [1.165, 1.54) is 14.7 Å². The van der Waals surface area contributed by atoms with E-state index in [2.05, 4.69) is 91.0 Å². The molecule has 50 heavy (non-hydrogen) atoms. The molecule has 0 aromatic heterocycles. The van der Waals surface area contributed by atoms with Crippen molar-refractivity contribution < 1.29 is 35.5 Å². The van der Waals surface area contributed by atoms with Crippen molar-refractivity contribution >= 4 is 56.2 Å². The molecule has 4 unspecified atom stereocenters. The van der Waals surface area contributed by atoms with Crippen molar-refractivity contribution in [2.45, 2.75) is 80.9 Å². The van der Waals surface area contributed by atoms with Gasteiger partial charge in [-0.1, -0.05) is 95.8 Å². The summed E-state index contributed by atoms with van der Waals surface area (Å²) in [6, 6.07) is 32.2. The van der Waals surface area contributed by atoms with Crippen LogP contribution in [-0.2, 0) is 54.2 Å². The Morgan fingerprint density at radius 3 is 1.06 bits per heavy atom. The van der Waals surface area contributed by atoms with Crippen LogP contribution in [0.25, 0.3) is 0 Å². The third kappa shape index (κ3) is 7.80. The molecular weight excluding hydrogens is 713 g/mol. The predicted molar refractivity (Wildman–Crippen MR) is 199 cm³/mol. The summed E-state index contributed by atoms with van der Waals surface area (Å²) in [5.74, 6) is -0.560. The van der Waals surface area contributed by atoms with Gasteiger partial charge in [0.15, 0.2) is 14.7 Å². The van der Waals surface area contributed by atoms with Crippen molar-refractivity contribution in [3.05, 3.63) is 91.0 Å². The molecule has 4 fully saturated rings. The minimum absolute atomic E-state index is 0. The second-order valence-electron chi connectivity index (χ2n) is 15.0. The van der Waals surface area contributed by atoms with Gasteiger partial charge >= 0.3 is 0 Å². The van der Waals surface area contributed by atoms with Crippen LogP contribution in [-0.4, -0.2) is 49.0 Å². The van der Waals surface area contributed by atoms with Gasteiger partial charge in [0, 0.05) is 23.7 Å². The first-order chi connectivity index (χ1) is 22.8. The number of hydrogen-bond donors (Lipinski definition) is 0. The van der Waals surface area contributed by atoms with Crippen molar-refractivity contribution in [2.24, 2.45) is 33.5 Å². The van der Waals surface area contributed by atoms with Crippen LogP contribution in [0.2, 0.25) is 0 Å². The topological polar surface area (TPSA) is 149 Å². The number of carbonyl (C=O) groups excluding carboxylic acids is 2. The lowest BCUT2D eigenvalue weighted by Gasteiger charge is -2.37. The number of fused-ring (bicyclic) bond motifs is 4. The number of Topliss-reactive ketones (excluding diaryl/α,β-unsaturated/α-hetero) is 2. The van der Waals surface area contributed by atoms with E-state index in [9.17, 15) is 35.5 Å². The maximum absolute atomic E-state index is 11.8. The van der Waals surface area contributed by atoms with Crippen LogP contribution in [0.1, 0.15) is 66.2 Å². The SMILES string of the molecule is CC1(C)C2CCC1(CS(=O)(=O)[O-])C(=O)C2.CC1(C)C2CCC1(CS(=O)(=O)[O-])C(=O)C2.[SH3+].c1ccc([S+](c2ccccc2)c2ccccc2)cc1. The summed E-state index contributed by atoms with van der Waals surface area (Å²) in [6.07, 6.45) is 3.75. The first-order valence-corrected chi connectivity index (χ1v) is 21.0.